The third-order valence-electron chi connectivity index (χ3n) is 7.03. The number of alkyl carbamates (subject to hydrolysis) is 1. The Kier molecular flexibility index (Phi) is 13.9. The number of sulfonamides is 1. The summed E-state index contributed by atoms with van der Waals surface area (Å²) in [5.74, 6) is -0.833. The molecule has 2 rings (SSSR count). The van der Waals surface area contributed by atoms with Crippen molar-refractivity contribution < 1.29 is 27.9 Å². The molecule has 2 aromatic rings. The SMILES string of the molecule is CC[C@H](C)[C@H](NC(=O)OC(C)(C)C)C(=O)N[C@@H](Cc1ccccc1)[C@H](O)CN(CC(C)C)S(=O)(=O)c1ccc(CN=O)cc1. The van der Waals surface area contributed by atoms with Gasteiger partial charge in [0.05, 0.1) is 17.0 Å². The second kappa shape index (κ2) is 16.6. The number of amides is 2. The molecule has 0 unspecified atom stereocenters. The van der Waals surface area contributed by atoms with Crippen LogP contribution in [0.1, 0.15) is 66.0 Å². The fourth-order valence-electron chi connectivity index (χ4n) is 4.56. The summed E-state index contributed by atoms with van der Waals surface area (Å²) in [5, 5.41) is 20.0. The van der Waals surface area contributed by atoms with E-state index in [0.29, 0.717) is 12.0 Å². The first kappa shape index (κ1) is 36.8. The molecule has 0 aliphatic carbocycles. The topological polar surface area (TPSA) is 154 Å². The standard InChI is InChI=1S/C32H48N4O7S/c1-8-23(4)29(35-31(39)43-32(5,6)7)30(38)34-27(18-24-12-10-9-11-13-24)28(37)21-36(20-22(2)3)44(41,42)26-16-14-25(15-17-26)19-33-40/h9-17,22-23,27-29,37H,8,18-21H2,1-7H3,(H,34,38)(H,35,39)/t23-,27-,28+,29-/m0/s1. The van der Waals surface area contributed by atoms with E-state index in [4.69, 9.17) is 4.74 Å². The highest BCUT2D eigenvalue weighted by Crippen LogP contribution is 2.21. The predicted molar refractivity (Wildman–Crippen MR) is 170 cm³/mol. The van der Waals surface area contributed by atoms with Crippen molar-refractivity contribution >= 4 is 22.0 Å². The zero-order chi connectivity index (χ0) is 33.1. The molecule has 2 amide bonds. The zero-order valence-electron chi connectivity index (χ0n) is 26.8. The first-order chi connectivity index (χ1) is 20.6. The number of aliphatic hydroxyl groups is 1. The Morgan fingerprint density at radius 3 is 2.09 bits per heavy atom. The molecule has 0 aliphatic rings. The molecule has 0 saturated carbocycles. The number of carbonyl (C=O) groups is 2. The largest absolute Gasteiger partial charge is 0.444 e. The third-order valence-corrected chi connectivity index (χ3v) is 8.87. The van der Waals surface area contributed by atoms with Crippen LogP contribution >= 0.6 is 0 Å². The molecule has 0 radical (unpaired) electrons. The first-order valence-electron chi connectivity index (χ1n) is 15.0. The molecule has 11 nitrogen and oxygen atoms in total. The molecule has 2 aromatic carbocycles. The fraction of sp³-hybridized carbons (Fsp3) is 0.562. The Bertz CT molecular complexity index is 1310. The van der Waals surface area contributed by atoms with Crippen molar-refractivity contribution in [2.75, 3.05) is 13.1 Å². The normalized spacial score (nSPS) is 14.9. The van der Waals surface area contributed by atoms with Crippen molar-refractivity contribution in [1.82, 2.24) is 14.9 Å². The Morgan fingerprint density at radius 1 is 0.955 bits per heavy atom. The summed E-state index contributed by atoms with van der Waals surface area (Å²) in [6, 6.07) is 13.3. The zero-order valence-corrected chi connectivity index (χ0v) is 27.6. The highest BCUT2D eigenvalue weighted by Gasteiger charge is 2.34. The molecule has 3 N–H and O–H groups in total. The van der Waals surface area contributed by atoms with Crippen LogP contribution in [-0.4, -0.2) is 66.7 Å². The van der Waals surface area contributed by atoms with E-state index in [1.165, 1.54) is 28.6 Å². The minimum atomic E-state index is -4.05. The molecule has 0 fully saturated rings. The quantitative estimate of drug-likeness (QED) is 0.228. The lowest BCUT2D eigenvalue weighted by molar-refractivity contribution is -0.126. The minimum absolute atomic E-state index is 0.0158. The Balaban J connectivity index is 2.39. The molecule has 4 atom stereocenters. The van der Waals surface area contributed by atoms with Gasteiger partial charge in [0.25, 0.3) is 0 Å². The van der Waals surface area contributed by atoms with Gasteiger partial charge < -0.3 is 20.5 Å². The number of benzene rings is 2. The summed E-state index contributed by atoms with van der Waals surface area (Å²) in [6.07, 6.45) is -1.23. The number of nitrogens with zero attached hydrogens (tertiary/aromatic N) is 2. The summed E-state index contributed by atoms with van der Waals surface area (Å²) < 4.78 is 34.0. The summed E-state index contributed by atoms with van der Waals surface area (Å²) in [7, 11) is -4.05. The lowest BCUT2D eigenvalue weighted by Crippen LogP contribution is -2.57. The van der Waals surface area contributed by atoms with Gasteiger partial charge >= 0.3 is 6.09 Å². The van der Waals surface area contributed by atoms with Crippen LogP contribution in [0.2, 0.25) is 0 Å². The van der Waals surface area contributed by atoms with Gasteiger partial charge in [0.1, 0.15) is 18.2 Å². The highest BCUT2D eigenvalue weighted by molar-refractivity contribution is 7.89. The summed E-state index contributed by atoms with van der Waals surface area (Å²) in [6.45, 7) is 12.4. The van der Waals surface area contributed by atoms with Crippen LogP contribution in [0.4, 0.5) is 4.79 Å². The Morgan fingerprint density at radius 2 is 1.57 bits per heavy atom. The van der Waals surface area contributed by atoms with Crippen molar-refractivity contribution in [3.05, 3.63) is 70.6 Å². The summed E-state index contributed by atoms with van der Waals surface area (Å²) >= 11 is 0. The van der Waals surface area contributed by atoms with Gasteiger partial charge in [-0.15, -0.1) is 0 Å². The number of rotatable bonds is 16. The van der Waals surface area contributed by atoms with Crippen LogP contribution in [0.3, 0.4) is 0 Å². The average molecular weight is 633 g/mol. The van der Waals surface area contributed by atoms with E-state index in [1.807, 2.05) is 58.0 Å². The number of nitrogens with one attached hydrogen (secondary N) is 2. The molecule has 0 aliphatic heterocycles. The van der Waals surface area contributed by atoms with Crippen LogP contribution in [0.25, 0.3) is 0 Å². The Hall–Kier alpha value is -3.35. The van der Waals surface area contributed by atoms with Crippen LogP contribution in [0.15, 0.2) is 64.7 Å². The van der Waals surface area contributed by atoms with Gasteiger partial charge in [0.15, 0.2) is 0 Å². The molecule has 0 bridgehead atoms. The van der Waals surface area contributed by atoms with Gasteiger partial charge in [0.2, 0.25) is 15.9 Å². The first-order valence-corrected chi connectivity index (χ1v) is 16.4. The lowest BCUT2D eigenvalue weighted by atomic mass is 9.96. The van der Waals surface area contributed by atoms with Crippen LogP contribution in [-0.2, 0) is 32.5 Å². The molecule has 0 saturated heterocycles. The van der Waals surface area contributed by atoms with Gasteiger partial charge in [-0.25, -0.2) is 13.2 Å². The van der Waals surface area contributed by atoms with Gasteiger partial charge in [-0.3, -0.25) is 4.79 Å². The van der Waals surface area contributed by atoms with Crippen LogP contribution in [0, 0.1) is 16.7 Å². The molecule has 0 aromatic heterocycles. The van der Waals surface area contributed by atoms with Crippen LogP contribution in [0.5, 0.6) is 0 Å². The van der Waals surface area contributed by atoms with Crippen LogP contribution < -0.4 is 10.6 Å². The smallest absolute Gasteiger partial charge is 0.408 e. The maximum atomic E-state index is 13.7. The molecule has 44 heavy (non-hydrogen) atoms. The van der Waals surface area contributed by atoms with Crippen molar-refractivity contribution in [3.8, 4) is 0 Å². The molecule has 0 spiro atoms. The number of hydrogen-bond donors (Lipinski definition) is 3. The molecule has 0 heterocycles. The summed E-state index contributed by atoms with van der Waals surface area (Å²) in [4.78, 5) is 36.9. The maximum absolute atomic E-state index is 13.7. The molecular formula is C32H48N4O7S. The minimum Gasteiger partial charge on any atom is -0.444 e. The molecule has 244 valence electrons. The van der Waals surface area contributed by atoms with Crippen molar-refractivity contribution in [2.24, 2.45) is 17.0 Å². The molecule has 12 heteroatoms. The number of nitroso groups, excluding NO2 is 1. The van der Waals surface area contributed by atoms with E-state index in [2.05, 4.69) is 15.8 Å². The lowest BCUT2D eigenvalue weighted by Gasteiger charge is -2.32. The summed E-state index contributed by atoms with van der Waals surface area (Å²) in [5.41, 5.74) is 0.648. The van der Waals surface area contributed by atoms with E-state index in [0.717, 1.165) is 5.56 Å². The second-order valence-electron chi connectivity index (χ2n) is 12.5. The van der Waals surface area contributed by atoms with E-state index < -0.39 is 45.8 Å². The third kappa shape index (κ3) is 11.6. The maximum Gasteiger partial charge on any atom is 0.408 e. The number of carbonyl (C=O) groups excluding carboxylic acids is 2. The van der Waals surface area contributed by atoms with E-state index in [9.17, 15) is 28.0 Å². The average Bonchev–Trinajstić information content (AvgIpc) is 2.94. The second-order valence-corrected chi connectivity index (χ2v) is 14.5. The number of ether oxygens (including phenoxy) is 1. The van der Waals surface area contributed by atoms with Gasteiger partial charge in [0, 0.05) is 13.1 Å². The Labute approximate surface area is 261 Å². The van der Waals surface area contributed by atoms with E-state index >= 15 is 0 Å². The number of aliphatic hydroxyl groups excluding tert-OH is 1. The highest BCUT2D eigenvalue weighted by atomic mass is 32.2. The van der Waals surface area contributed by atoms with Crippen molar-refractivity contribution in [2.45, 2.75) is 96.5 Å². The van der Waals surface area contributed by atoms with Gasteiger partial charge in [-0.05, 0) is 62.3 Å². The van der Waals surface area contributed by atoms with Crippen molar-refractivity contribution in [3.63, 3.8) is 0 Å². The van der Waals surface area contributed by atoms with Crippen molar-refractivity contribution in [1.29, 1.82) is 0 Å². The molecular weight excluding hydrogens is 584 g/mol. The van der Waals surface area contributed by atoms with E-state index in [-0.39, 0.29) is 42.8 Å². The van der Waals surface area contributed by atoms with E-state index in [1.54, 1.807) is 20.8 Å². The number of hydrogen-bond acceptors (Lipinski definition) is 8. The van der Waals surface area contributed by atoms with Gasteiger partial charge in [-0.2, -0.15) is 9.21 Å². The predicted octanol–water partition coefficient (Wildman–Crippen LogP) is 4.63. The fourth-order valence-corrected chi connectivity index (χ4v) is 6.19. The monoisotopic (exact) mass is 632 g/mol. The van der Waals surface area contributed by atoms with Gasteiger partial charge in [-0.1, -0.05) is 81.8 Å².